The molecule has 1 atom stereocenters. The molecule has 0 bridgehead atoms. The lowest BCUT2D eigenvalue weighted by atomic mass is 10.1. The Hall–Kier alpha value is -0.570. The van der Waals surface area contributed by atoms with Gasteiger partial charge in [-0.25, -0.2) is 0 Å². The number of hydrogen-bond acceptors (Lipinski definition) is 3. The summed E-state index contributed by atoms with van der Waals surface area (Å²) in [6, 6.07) is -0.407. The van der Waals surface area contributed by atoms with Gasteiger partial charge in [-0.05, 0) is 32.1 Å². The van der Waals surface area contributed by atoms with Crippen molar-refractivity contribution in [3.63, 3.8) is 0 Å². The molecule has 1 saturated carbocycles. The first-order chi connectivity index (χ1) is 6.74. The molecular formula is C11H21NO2. The van der Waals surface area contributed by atoms with Crippen LogP contribution in [0.3, 0.4) is 0 Å². The van der Waals surface area contributed by atoms with E-state index in [1.54, 1.807) is 0 Å². The highest BCUT2D eigenvalue weighted by Crippen LogP contribution is 2.21. The molecule has 0 amide bonds. The van der Waals surface area contributed by atoms with E-state index in [4.69, 9.17) is 10.5 Å². The van der Waals surface area contributed by atoms with Crippen LogP contribution in [0.15, 0.2) is 0 Å². The number of esters is 1. The fourth-order valence-corrected chi connectivity index (χ4v) is 1.80. The average Bonchev–Trinajstić information content (AvgIpc) is 2.66. The standard InChI is InChI=1S/C11H21NO2/c1-2-3-8-10(12)11(13)14-9-6-4-5-7-9/h9-10H,2-8,12H2,1H3/t10-/m0/s1. The van der Waals surface area contributed by atoms with Crippen LogP contribution in [-0.4, -0.2) is 18.1 Å². The molecule has 0 radical (unpaired) electrons. The van der Waals surface area contributed by atoms with Gasteiger partial charge in [0, 0.05) is 0 Å². The van der Waals surface area contributed by atoms with Crippen LogP contribution in [0.2, 0.25) is 0 Å². The summed E-state index contributed by atoms with van der Waals surface area (Å²) in [5.74, 6) is -0.203. The molecule has 0 aliphatic heterocycles. The molecule has 3 nitrogen and oxygen atoms in total. The molecule has 0 aromatic rings. The van der Waals surface area contributed by atoms with Gasteiger partial charge in [-0.2, -0.15) is 0 Å². The molecule has 0 heterocycles. The molecule has 0 spiro atoms. The zero-order valence-corrected chi connectivity index (χ0v) is 9.00. The minimum Gasteiger partial charge on any atom is -0.461 e. The molecule has 2 N–H and O–H groups in total. The van der Waals surface area contributed by atoms with Gasteiger partial charge in [-0.3, -0.25) is 4.79 Å². The van der Waals surface area contributed by atoms with Crippen LogP contribution < -0.4 is 5.73 Å². The van der Waals surface area contributed by atoms with E-state index in [9.17, 15) is 4.79 Å². The lowest BCUT2D eigenvalue weighted by molar-refractivity contribution is -0.150. The van der Waals surface area contributed by atoms with Gasteiger partial charge < -0.3 is 10.5 Å². The highest BCUT2D eigenvalue weighted by molar-refractivity contribution is 5.75. The largest absolute Gasteiger partial charge is 0.461 e. The predicted octanol–water partition coefficient (Wildman–Crippen LogP) is 1.99. The maximum absolute atomic E-state index is 11.5. The third kappa shape index (κ3) is 3.66. The normalized spacial score (nSPS) is 19.6. The van der Waals surface area contributed by atoms with E-state index in [1.807, 2.05) is 0 Å². The molecule has 0 unspecified atom stereocenters. The lowest BCUT2D eigenvalue weighted by Gasteiger charge is -2.15. The van der Waals surface area contributed by atoms with Crippen molar-refractivity contribution in [3.05, 3.63) is 0 Å². The SMILES string of the molecule is CCCC[C@H](N)C(=O)OC1CCCC1. The Balaban J connectivity index is 2.18. The van der Waals surface area contributed by atoms with Crippen LogP contribution >= 0.6 is 0 Å². The highest BCUT2D eigenvalue weighted by atomic mass is 16.5. The Kier molecular flexibility index (Phi) is 4.94. The molecule has 1 fully saturated rings. The number of ether oxygens (including phenoxy) is 1. The summed E-state index contributed by atoms with van der Waals surface area (Å²) in [4.78, 5) is 11.5. The summed E-state index contributed by atoms with van der Waals surface area (Å²) >= 11 is 0. The van der Waals surface area contributed by atoms with Gasteiger partial charge in [0.05, 0.1) is 0 Å². The van der Waals surface area contributed by atoms with E-state index >= 15 is 0 Å². The van der Waals surface area contributed by atoms with Gasteiger partial charge in [0.2, 0.25) is 0 Å². The molecule has 0 saturated heterocycles. The highest BCUT2D eigenvalue weighted by Gasteiger charge is 2.22. The quantitative estimate of drug-likeness (QED) is 0.689. The summed E-state index contributed by atoms with van der Waals surface area (Å²) in [5, 5.41) is 0. The summed E-state index contributed by atoms with van der Waals surface area (Å²) in [7, 11) is 0. The first kappa shape index (κ1) is 11.5. The Morgan fingerprint density at radius 1 is 1.50 bits per heavy atom. The van der Waals surface area contributed by atoms with Crippen LogP contribution in [0.5, 0.6) is 0 Å². The fourth-order valence-electron chi connectivity index (χ4n) is 1.80. The number of unbranched alkanes of at least 4 members (excludes halogenated alkanes) is 1. The van der Waals surface area contributed by atoms with Crippen LogP contribution in [-0.2, 0) is 9.53 Å². The molecule has 0 aromatic heterocycles. The monoisotopic (exact) mass is 199 g/mol. The zero-order valence-electron chi connectivity index (χ0n) is 9.00. The molecular weight excluding hydrogens is 178 g/mol. The second-order valence-electron chi connectivity index (χ2n) is 4.09. The lowest BCUT2D eigenvalue weighted by Crippen LogP contribution is -2.34. The van der Waals surface area contributed by atoms with Crippen molar-refractivity contribution in [1.29, 1.82) is 0 Å². The number of carbonyl (C=O) groups excluding carboxylic acids is 1. The second kappa shape index (κ2) is 6.02. The van der Waals surface area contributed by atoms with E-state index in [1.165, 1.54) is 12.8 Å². The van der Waals surface area contributed by atoms with E-state index in [0.29, 0.717) is 0 Å². The topological polar surface area (TPSA) is 52.3 Å². The maximum atomic E-state index is 11.5. The van der Waals surface area contributed by atoms with Crippen molar-refractivity contribution < 1.29 is 9.53 Å². The summed E-state index contributed by atoms with van der Waals surface area (Å²) in [6.45, 7) is 2.09. The van der Waals surface area contributed by atoms with Crippen molar-refractivity contribution in [3.8, 4) is 0 Å². The molecule has 0 aromatic carbocycles. The summed E-state index contributed by atoms with van der Waals surface area (Å²) in [6.07, 6.45) is 7.38. The minimum absolute atomic E-state index is 0.148. The van der Waals surface area contributed by atoms with Gasteiger partial charge >= 0.3 is 5.97 Å². The third-order valence-electron chi connectivity index (χ3n) is 2.76. The van der Waals surface area contributed by atoms with Gasteiger partial charge in [-0.1, -0.05) is 19.8 Å². The Labute approximate surface area is 86.0 Å². The van der Waals surface area contributed by atoms with E-state index in [-0.39, 0.29) is 12.1 Å². The first-order valence-corrected chi connectivity index (χ1v) is 5.70. The fraction of sp³-hybridized carbons (Fsp3) is 0.909. The summed E-state index contributed by atoms with van der Waals surface area (Å²) < 4.78 is 5.31. The zero-order chi connectivity index (χ0) is 10.4. The molecule has 3 heteroatoms. The van der Waals surface area contributed by atoms with Crippen molar-refractivity contribution in [1.82, 2.24) is 0 Å². The van der Waals surface area contributed by atoms with E-state index in [0.717, 1.165) is 32.1 Å². The maximum Gasteiger partial charge on any atom is 0.323 e. The number of rotatable bonds is 5. The van der Waals surface area contributed by atoms with Gasteiger partial charge in [0.25, 0.3) is 0 Å². The summed E-state index contributed by atoms with van der Waals surface area (Å²) in [5.41, 5.74) is 5.71. The van der Waals surface area contributed by atoms with Crippen molar-refractivity contribution in [2.45, 2.75) is 64.0 Å². The Bertz CT molecular complexity index is 176. The Morgan fingerprint density at radius 2 is 2.14 bits per heavy atom. The van der Waals surface area contributed by atoms with Crippen molar-refractivity contribution in [2.75, 3.05) is 0 Å². The van der Waals surface area contributed by atoms with Crippen LogP contribution in [0, 0.1) is 0 Å². The average molecular weight is 199 g/mol. The van der Waals surface area contributed by atoms with Crippen molar-refractivity contribution >= 4 is 5.97 Å². The second-order valence-corrected chi connectivity index (χ2v) is 4.09. The molecule has 82 valence electrons. The number of carbonyl (C=O) groups is 1. The van der Waals surface area contributed by atoms with Gasteiger partial charge in [-0.15, -0.1) is 0 Å². The minimum atomic E-state index is -0.407. The Morgan fingerprint density at radius 3 is 2.71 bits per heavy atom. The molecule has 1 rings (SSSR count). The third-order valence-corrected chi connectivity index (χ3v) is 2.76. The van der Waals surface area contributed by atoms with Gasteiger partial charge in [0.15, 0.2) is 0 Å². The number of nitrogens with two attached hydrogens (primary N) is 1. The first-order valence-electron chi connectivity index (χ1n) is 5.70. The van der Waals surface area contributed by atoms with E-state index in [2.05, 4.69) is 6.92 Å². The molecule has 14 heavy (non-hydrogen) atoms. The van der Waals surface area contributed by atoms with Crippen LogP contribution in [0.4, 0.5) is 0 Å². The van der Waals surface area contributed by atoms with Crippen molar-refractivity contribution in [2.24, 2.45) is 5.73 Å². The van der Waals surface area contributed by atoms with Crippen LogP contribution in [0.25, 0.3) is 0 Å². The molecule has 1 aliphatic carbocycles. The smallest absolute Gasteiger partial charge is 0.323 e. The predicted molar refractivity (Wildman–Crippen MR) is 55.8 cm³/mol. The van der Waals surface area contributed by atoms with Gasteiger partial charge in [0.1, 0.15) is 12.1 Å². The molecule has 1 aliphatic rings. The number of hydrogen-bond donors (Lipinski definition) is 1. The van der Waals surface area contributed by atoms with E-state index < -0.39 is 6.04 Å². The van der Waals surface area contributed by atoms with Crippen LogP contribution in [0.1, 0.15) is 51.9 Å².